The van der Waals surface area contributed by atoms with Gasteiger partial charge in [-0.3, -0.25) is 14.7 Å². The van der Waals surface area contributed by atoms with Crippen LogP contribution in [0.1, 0.15) is 28.8 Å². The SMILES string of the molecule is O=C(NC1CCN(Cc2ccccc2OC(F)F)CC1)c1ccc(-c2cccc(F)c2)nc1. The Balaban J connectivity index is 1.29. The number of para-hydroxylation sites is 1. The number of nitrogens with one attached hydrogen (secondary N) is 1. The molecule has 0 unspecified atom stereocenters. The summed E-state index contributed by atoms with van der Waals surface area (Å²) < 4.78 is 43.3. The number of benzene rings is 2. The van der Waals surface area contributed by atoms with Gasteiger partial charge in [0, 0.05) is 43.0 Å². The van der Waals surface area contributed by atoms with E-state index in [1.807, 2.05) is 0 Å². The van der Waals surface area contributed by atoms with Crippen LogP contribution in [0.15, 0.2) is 66.9 Å². The topological polar surface area (TPSA) is 54.5 Å². The van der Waals surface area contributed by atoms with Crippen LogP contribution >= 0.6 is 0 Å². The molecular formula is C25H24F3N3O2. The lowest BCUT2D eigenvalue weighted by Crippen LogP contribution is -2.44. The third-order valence-electron chi connectivity index (χ3n) is 5.65. The number of rotatable bonds is 7. The number of hydrogen-bond acceptors (Lipinski definition) is 4. The molecule has 2 heterocycles. The zero-order chi connectivity index (χ0) is 23.2. The third-order valence-corrected chi connectivity index (χ3v) is 5.65. The molecule has 1 aliphatic heterocycles. The fraction of sp³-hybridized carbons (Fsp3) is 0.280. The first-order valence-electron chi connectivity index (χ1n) is 10.8. The average Bonchev–Trinajstić information content (AvgIpc) is 2.81. The zero-order valence-corrected chi connectivity index (χ0v) is 17.9. The Morgan fingerprint density at radius 1 is 1.09 bits per heavy atom. The fourth-order valence-electron chi connectivity index (χ4n) is 3.94. The van der Waals surface area contributed by atoms with E-state index < -0.39 is 6.61 Å². The zero-order valence-electron chi connectivity index (χ0n) is 17.9. The molecule has 3 aromatic rings. The fourth-order valence-corrected chi connectivity index (χ4v) is 3.94. The highest BCUT2D eigenvalue weighted by atomic mass is 19.3. The predicted octanol–water partition coefficient (Wildman–Crippen LogP) is 4.88. The Kier molecular flexibility index (Phi) is 7.24. The lowest BCUT2D eigenvalue weighted by molar-refractivity contribution is -0.0508. The van der Waals surface area contributed by atoms with E-state index in [4.69, 9.17) is 0 Å². The van der Waals surface area contributed by atoms with Crippen molar-refractivity contribution < 1.29 is 22.7 Å². The van der Waals surface area contributed by atoms with Gasteiger partial charge >= 0.3 is 6.61 Å². The van der Waals surface area contributed by atoms with E-state index in [9.17, 15) is 18.0 Å². The van der Waals surface area contributed by atoms with Gasteiger partial charge in [-0.1, -0.05) is 30.3 Å². The minimum absolute atomic E-state index is 0.0178. The summed E-state index contributed by atoms with van der Waals surface area (Å²) in [6.07, 6.45) is 2.99. The molecule has 0 saturated carbocycles. The van der Waals surface area contributed by atoms with Crippen molar-refractivity contribution in [2.75, 3.05) is 13.1 Å². The first kappa shape index (κ1) is 22.8. The highest BCUT2D eigenvalue weighted by molar-refractivity contribution is 5.94. The number of halogens is 3. The van der Waals surface area contributed by atoms with Crippen LogP contribution in [0.4, 0.5) is 13.2 Å². The Hall–Kier alpha value is -3.39. The van der Waals surface area contributed by atoms with Gasteiger partial charge in [-0.25, -0.2) is 4.39 Å². The summed E-state index contributed by atoms with van der Waals surface area (Å²) >= 11 is 0. The van der Waals surface area contributed by atoms with Crippen LogP contribution in [-0.4, -0.2) is 41.5 Å². The van der Waals surface area contributed by atoms with Gasteiger partial charge in [0.2, 0.25) is 0 Å². The first-order valence-corrected chi connectivity index (χ1v) is 10.8. The van der Waals surface area contributed by atoms with Gasteiger partial charge < -0.3 is 10.1 Å². The monoisotopic (exact) mass is 455 g/mol. The van der Waals surface area contributed by atoms with Crippen LogP contribution < -0.4 is 10.1 Å². The Morgan fingerprint density at radius 2 is 1.88 bits per heavy atom. The normalized spacial score (nSPS) is 14.9. The second kappa shape index (κ2) is 10.5. The van der Waals surface area contributed by atoms with Crippen LogP contribution in [0.25, 0.3) is 11.3 Å². The van der Waals surface area contributed by atoms with Gasteiger partial charge in [0.05, 0.1) is 11.3 Å². The number of carbonyl (C=O) groups excluding carboxylic acids is 1. The molecule has 0 spiro atoms. The lowest BCUT2D eigenvalue weighted by atomic mass is 10.0. The lowest BCUT2D eigenvalue weighted by Gasteiger charge is -2.32. The molecule has 1 aromatic heterocycles. The third kappa shape index (κ3) is 6.10. The standard InChI is InChI=1S/C25H24F3N3O2/c26-20-6-3-5-17(14-20)22-9-8-18(15-29-22)24(32)30-21-10-12-31(13-11-21)16-19-4-1-2-7-23(19)33-25(27)28/h1-9,14-15,21,25H,10-13,16H2,(H,30,32). The van der Waals surface area contributed by atoms with Crippen molar-refractivity contribution in [3.05, 3.63) is 83.8 Å². The number of hydrogen-bond donors (Lipinski definition) is 1. The molecule has 8 heteroatoms. The van der Waals surface area contributed by atoms with E-state index in [-0.39, 0.29) is 23.5 Å². The van der Waals surface area contributed by atoms with Crippen LogP contribution in [-0.2, 0) is 6.54 Å². The maximum Gasteiger partial charge on any atom is 0.387 e. The minimum Gasteiger partial charge on any atom is -0.434 e. The number of likely N-dealkylation sites (tertiary alicyclic amines) is 1. The van der Waals surface area contributed by atoms with Gasteiger partial charge in [0.25, 0.3) is 5.91 Å². The Morgan fingerprint density at radius 3 is 2.58 bits per heavy atom. The molecule has 33 heavy (non-hydrogen) atoms. The maximum atomic E-state index is 13.4. The van der Waals surface area contributed by atoms with Gasteiger partial charge in [-0.05, 0) is 43.2 Å². The van der Waals surface area contributed by atoms with Gasteiger partial charge in [0.15, 0.2) is 0 Å². The summed E-state index contributed by atoms with van der Waals surface area (Å²) in [6, 6.07) is 16.3. The van der Waals surface area contributed by atoms with Crippen molar-refractivity contribution in [2.45, 2.75) is 32.0 Å². The van der Waals surface area contributed by atoms with E-state index in [1.54, 1.807) is 48.5 Å². The number of nitrogens with zero attached hydrogens (tertiary/aromatic N) is 2. The molecule has 4 rings (SSSR count). The van der Waals surface area contributed by atoms with Crippen LogP contribution in [0.5, 0.6) is 5.75 Å². The molecule has 1 saturated heterocycles. The van der Waals surface area contributed by atoms with E-state index in [1.165, 1.54) is 18.3 Å². The molecule has 2 aromatic carbocycles. The molecule has 0 atom stereocenters. The van der Waals surface area contributed by atoms with E-state index in [2.05, 4.69) is 19.9 Å². The molecule has 1 amide bonds. The van der Waals surface area contributed by atoms with Crippen molar-refractivity contribution in [1.29, 1.82) is 0 Å². The van der Waals surface area contributed by atoms with E-state index >= 15 is 0 Å². The molecule has 0 aliphatic carbocycles. The number of piperidine rings is 1. The van der Waals surface area contributed by atoms with Crippen LogP contribution in [0.2, 0.25) is 0 Å². The number of pyridine rings is 1. The van der Waals surface area contributed by atoms with Gasteiger partial charge in [-0.15, -0.1) is 0 Å². The average molecular weight is 455 g/mol. The number of carbonyl (C=O) groups is 1. The molecule has 172 valence electrons. The summed E-state index contributed by atoms with van der Waals surface area (Å²) in [5, 5.41) is 3.04. The van der Waals surface area contributed by atoms with Crippen molar-refractivity contribution in [1.82, 2.24) is 15.2 Å². The molecular weight excluding hydrogens is 431 g/mol. The Bertz CT molecular complexity index is 1080. The molecule has 1 N–H and O–H groups in total. The second-order valence-corrected chi connectivity index (χ2v) is 7.95. The van der Waals surface area contributed by atoms with Gasteiger partial charge in [-0.2, -0.15) is 8.78 Å². The van der Waals surface area contributed by atoms with Gasteiger partial charge in [0.1, 0.15) is 11.6 Å². The highest BCUT2D eigenvalue weighted by Crippen LogP contribution is 2.24. The predicted molar refractivity (Wildman–Crippen MR) is 118 cm³/mol. The van der Waals surface area contributed by atoms with Crippen LogP contribution in [0.3, 0.4) is 0 Å². The Labute approximate surface area is 190 Å². The molecule has 0 radical (unpaired) electrons. The summed E-state index contributed by atoms with van der Waals surface area (Å²) in [7, 11) is 0. The van der Waals surface area contributed by atoms with E-state index in [0.717, 1.165) is 25.9 Å². The molecule has 1 aliphatic rings. The van der Waals surface area contributed by atoms with Crippen LogP contribution in [0, 0.1) is 5.82 Å². The van der Waals surface area contributed by atoms with Crippen molar-refractivity contribution in [2.24, 2.45) is 0 Å². The maximum absolute atomic E-state index is 13.4. The summed E-state index contributed by atoms with van der Waals surface area (Å²) in [5.74, 6) is -0.355. The molecule has 0 bridgehead atoms. The quantitative estimate of drug-likeness (QED) is 0.552. The summed E-state index contributed by atoms with van der Waals surface area (Å²) in [6.45, 7) is -0.894. The number of ether oxygens (including phenoxy) is 1. The summed E-state index contributed by atoms with van der Waals surface area (Å²) in [4.78, 5) is 19.1. The largest absolute Gasteiger partial charge is 0.434 e. The number of aromatic nitrogens is 1. The van der Waals surface area contributed by atoms with Crippen molar-refractivity contribution >= 4 is 5.91 Å². The first-order chi connectivity index (χ1) is 16.0. The molecule has 1 fully saturated rings. The minimum atomic E-state index is -2.86. The number of amides is 1. The molecule has 5 nitrogen and oxygen atoms in total. The van der Waals surface area contributed by atoms with Crippen molar-refractivity contribution in [3.63, 3.8) is 0 Å². The second-order valence-electron chi connectivity index (χ2n) is 7.95. The number of alkyl halides is 2. The van der Waals surface area contributed by atoms with Crippen molar-refractivity contribution in [3.8, 4) is 17.0 Å². The highest BCUT2D eigenvalue weighted by Gasteiger charge is 2.22. The smallest absolute Gasteiger partial charge is 0.387 e. The summed E-state index contributed by atoms with van der Waals surface area (Å²) in [5.41, 5.74) is 2.39. The van der Waals surface area contributed by atoms with E-state index in [0.29, 0.717) is 28.9 Å².